The van der Waals surface area contributed by atoms with Crippen LogP contribution < -0.4 is 10.1 Å². The summed E-state index contributed by atoms with van der Waals surface area (Å²) in [5.74, 6) is 0.160. The fourth-order valence-electron chi connectivity index (χ4n) is 3.60. The molecule has 0 bridgehead atoms. The Bertz CT molecular complexity index is 1130. The quantitative estimate of drug-likeness (QED) is 0.290. The molecule has 0 aromatic heterocycles. The molecule has 1 atom stereocenters. The molecular weight excluding hydrogens is 619 g/mol. The zero-order valence-electron chi connectivity index (χ0n) is 20.1. The van der Waals surface area contributed by atoms with E-state index < -0.39 is 11.6 Å². The second-order valence-corrected chi connectivity index (χ2v) is 11.5. The molecule has 1 unspecified atom stereocenters. The van der Waals surface area contributed by atoms with Gasteiger partial charge in [0.2, 0.25) is 5.91 Å². The van der Waals surface area contributed by atoms with Crippen LogP contribution in [0.5, 0.6) is 5.75 Å². The van der Waals surface area contributed by atoms with E-state index in [1.54, 1.807) is 4.90 Å². The zero-order valence-corrected chi connectivity index (χ0v) is 23.9. The number of hydrogen-bond donors (Lipinski definition) is 1. The second kappa shape index (κ2) is 12.5. The minimum Gasteiger partial charge on any atom is -0.484 e. The zero-order chi connectivity index (χ0) is 25.4. The number of nitrogens with one attached hydrogen (secondary N) is 1. The maximum absolute atomic E-state index is 13.6. The SMILES string of the molecule is CC(C)(C)NC(=O)C(Cc1ccccc1)N(Cc1cccc(Br)c1)C(=O)COc1ccc(I)cc1. The third-order valence-electron chi connectivity index (χ3n) is 5.19. The highest BCUT2D eigenvalue weighted by Gasteiger charge is 2.32. The van der Waals surface area contributed by atoms with E-state index in [9.17, 15) is 9.59 Å². The summed E-state index contributed by atoms with van der Waals surface area (Å²) < 4.78 is 7.81. The molecule has 35 heavy (non-hydrogen) atoms. The molecule has 0 fully saturated rings. The summed E-state index contributed by atoms with van der Waals surface area (Å²) in [6, 6.07) is 24.3. The Kier molecular flexibility index (Phi) is 9.74. The smallest absolute Gasteiger partial charge is 0.261 e. The number of rotatable bonds is 9. The largest absolute Gasteiger partial charge is 0.484 e. The Balaban J connectivity index is 1.92. The van der Waals surface area contributed by atoms with E-state index in [4.69, 9.17) is 4.74 Å². The molecule has 5 nitrogen and oxygen atoms in total. The monoisotopic (exact) mass is 648 g/mol. The summed E-state index contributed by atoms with van der Waals surface area (Å²) in [5, 5.41) is 3.07. The second-order valence-electron chi connectivity index (χ2n) is 9.34. The van der Waals surface area contributed by atoms with Crippen LogP contribution in [0.3, 0.4) is 0 Å². The first-order valence-corrected chi connectivity index (χ1v) is 13.3. The average molecular weight is 649 g/mol. The highest BCUT2D eigenvalue weighted by atomic mass is 127. The van der Waals surface area contributed by atoms with Crippen molar-refractivity contribution in [1.82, 2.24) is 10.2 Å². The lowest BCUT2D eigenvalue weighted by atomic mass is 10.0. The van der Waals surface area contributed by atoms with Gasteiger partial charge in [-0.2, -0.15) is 0 Å². The van der Waals surface area contributed by atoms with Gasteiger partial charge >= 0.3 is 0 Å². The van der Waals surface area contributed by atoms with Crippen LogP contribution in [0.2, 0.25) is 0 Å². The maximum Gasteiger partial charge on any atom is 0.261 e. The standard InChI is InChI=1S/C28H30BrIN2O3/c1-28(2,3)31-27(34)25(17-20-8-5-4-6-9-20)32(18-21-10-7-11-22(29)16-21)26(33)19-35-24-14-12-23(30)13-15-24/h4-16,25H,17-19H2,1-3H3,(H,31,34). The highest BCUT2D eigenvalue weighted by Crippen LogP contribution is 2.19. The first-order chi connectivity index (χ1) is 16.6. The molecule has 0 aliphatic rings. The van der Waals surface area contributed by atoms with Crippen LogP contribution in [0.4, 0.5) is 0 Å². The van der Waals surface area contributed by atoms with Crippen LogP contribution in [0.1, 0.15) is 31.9 Å². The van der Waals surface area contributed by atoms with Gasteiger partial charge in [-0.1, -0.05) is 58.4 Å². The maximum atomic E-state index is 13.6. The number of carbonyl (C=O) groups is 2. The Morgan fingerprint density at radius 2 is 1.63 bits per heavy atom. The van der Waals surface area contributed by atoms with Gasteiger partial charge in [-0.05, 0) is 90.9 Å². The number of benzene rings is 3. The van der Waals surface area contributed by atoms with E-state index in [1.807, 2.05) is 99.6 Å². The molecular formula is C28H30BrIN2O3. The van der Waals surface area contributed by atoms with Crippen LogP contribution in [0, 0.1) is 3.57 Å². The topological polar surface area (TPSA) is 58.6 Å². The van der Waals surface area contributed by atoms with E-state index in [2.05, 4.69) is 43.8 Å². The van der Waals surface area contributed by atoms with Gasteiger partial charge in [0.1, 0.15) is 11.8 Å². The minimum absolute atomic E-state index is 0.164. The summed E-state index contributed by atoms with van der Waals surface area (Å²) in [6.07, 6.45) is 0.395. The van der Waals surface area contributed by atoms with Crippen molar-refractivity contribution in [3.8, 4) is 5.75 Å². The molecule has 0 radical (unpaired) electrons. The van der Waals surface area contributed by atoms with Crippen LogP contribution in [-0.2, 0) is 22.6 Å². The number of carbonyl (C=O) groups excluding carboxylic acids is 2. The summed E-state index contributed by atoms with van der Waals surface area (Å²) >= 11 is 5.73. The molecule has 0 spiro atoms. The Morgan fingerprint density at radius 1 is 0.971 bits per heavy atom. The molecule has 0 saturated heterocycles. The van der Waals surface area contributed by atoms with Crippen molar-refractivity contribution < 1.29 is 14.3 Å². The average Bonchev–Trinajstić information content (AvgIpc) is 2.80. The van der Waals surface area contributed by atoms with Crippen molar-refractivity contribution >= 4 is 50.3 Å². The van der Waals surface area contributed by atoms with Gasteiger partial charge in [0.25, 0.3) is 5.91 Å². The molecule has 0 aliphatic heterocycles. The summed E-state index contributed by atoms with van der Waals surface area (Å²) in [5.41, 5.74) is 1.46. The van der Waals surface area contributed by atoms with Gasteiger partial charge in [0.15, 0.2) is 6.61 Å². The van der Waals surface area contributed by atoms with Crippen LogP contribution in [-0.4, -0.2) is 34.9 Å². The third kappa shape index (κ3) is 8.96. The lowest BCUT2D eigenvalue weighted by molar-refractivity contribution is -0.143. The minimum atomic E-state index is -0.705. The van der Waals surface area contributed by atoms with E-state index in [0.29, 0.717) is 12.2 Å². The number of hydrogen-bond acceptors (Lipinski definition) is 3. The van der Waals surface area contributed by atoms with E-state index >= 15 is 0 Å². The van der Waals surface area contributed by atoms with Crippen LogP contribution in [0.15, 0.2) is 83.3 Å². The molecule has 7 heteroatoms. The van der Waals surface area contributed by atoms with Gasteiger partial charge in [-0.15, -0.1) is 0 Å². The third-order valence-corrected chi connectivity index (χ3v) is 6.40. The van der Waals surface area contributed by atoms with Gasteiger partial charge in [-0.25, -0.2) is 0 Å². The van der Waals surface area contributed by atoms with Crippen LogP contribution >= 0.6 is 38.5 Å². The lowest BCUT2D eigenvalue weighted by Crippen LogP contribution is -2.55. The molecule has 2 amide bonds. The van der Waals surface area contributed by atoms with E-state index in [0.717, 1.165) is 19.2 Å². The predicted octanol–water partition coefficient (Wildman–Crippen LogP) is 5.99. The summed E-state index contributed by atoms with van der Waals surface area (Å²) in [6.45, 7) is 5.92. The van der Waals surface area contributed by atoms with Gasteiger partial charge in [0.05, 0.1) is 0 Å². The molecule has 3 aromatic carbocycles. The van der Waals surface area contributed by atoms with Gasteiger partial charge < -0.3 is 15.0 Å². The van der Waals surface area contributed by atoms with E-state index in [1.165, 1.54) is 0 Å². The van der Waals surface area contributed by atoms with Crippen LogP contribution in [0.25, 0.3) is 0 Å². The molecule has 184 valence electrons. The Labute approximate surface area is 229 Å². The van der Waals surface area contributed by atoms with Crippen molar-refractivity contribution in [3.05, 3.63) is 98.0 Å². The first-order valence-electron chi connectivity index (χ1n) is 11.4. The van der Waals surface area contributed by atoms with Crippen molar-refractivity contribution in [2.75, 3.05) is 6.61 Å². The Morgan fingerprint density at radius 3 is 2.26 bits per heavy atom. The number of nitrogens with zero attached hydrogens (tertiary/aromatic N) is 1. The lowest BCUT2D eigenvalue weighted by Gasteiger charge is -2.33. The molecule has 0 saturated carbocycles. The van der Waals surface area contributed by atoms with Crippen molar-refractivity contribution in [3.63, 3.8) is 0 Å². The molecule has 3 rings (SSSR count). The first kappa shape index (κ1) is 27.2. The van der Waals surface area contributed by atoms with Crippen molar-refractivity contribution in [2.24, 2.45) is 0 Å². The fourth-order valence-corrected chi connectivity index (χ4v) is 4.40. The van der Waals surface area contributed by atoms with Crippen molar-refractivity contribution in [1.29, 1.82) is 0 Å². The summed E-state index contributed by atoms with van der Waals surface area (Å²) in [4.78, 5) is 28.7. The molecule has 1 N–H and O–H groups in total. The van der Waals surface area contributed by atoms with Crippen molar-refractivity contribution in [2.45, 2.75) is 45.3 Å². The molecule has 3 aromatic rings. The molecule has 0 aliphatic carbocycles. The van der Waals surface area contributed by atoms with Gasteiger partial charge in [-0.3, -0.25) is 9.59 Å². The van der Waals surface area contributed by atoms with E-state index in [-0.39, 0.29) is 25.0 Å². The number of halogens is 2. The predicted molar refractivity (Wildman–Crippen MR) is 151 cm³/mol. The fraction of sp³-hybridized carbons (Fsp3) is 0.286. The highest BCUT2D eigenvalue weighted by molar-refractivity contribution is 14.1. The number of amides is 2. The number of ether oxygens (including phenoxy) is 1. The molecule has 0 heterocycles. The van der Waals surface area contributed by atoms with Gasteiger partial charge in [0, 0.05) is 26.5 Å². The Hall–Kier alpha value is -2.39. The normalized spacial score (nSPS) is 12.0. The summed E-state index contributed by atoms with van der Waals surface area (Å²) in [7, 11) is 0.